The second kappa shape index (κ2) is 9.23. The maximum atomic E-state index is 11.9. The van der Waals surface area contributed by atoms with Crippen molar-refractivity contribution in [3.63, 3.8) is 0 Å². The van der Waals surface area contributed by atoms with E-state index < -0.39 is 0 Å². The number of hydrazone groups is 1. The number of rotatable bonds is 7. The number of nitrogens with one attached hydrogen (secondary N) is 1. The molecule has 1 amide bonds. The van der Waals surface area contributed by atoms with Crippen LogP contribution in [0.4, 0.5) is 5.88 Å². The fraction of sp³-hybridized carbons (Fsp3) is 0.400. The first-order chi connectivity index (χ1) is 13.1. The highest BCUT2D eigenvalue weighted by Gasteiger charge is 2.14. The van der Waals surface area contributed by atoms with Crippen LogP contribution in [0.5, 0.6) is 5.75 Å². The molecular formula is C20H25N3O4. The van der Waals surface area contributed by atoms with E-state index in [1.54, 1.807) is 0 Å². The minimum Gasteiger partial charge on any atom is -0.484 e. The third-order valence-corrected chi connectivity index (χ3v) is 4.21. The predicted molar refractivity (Wildman–Crippen MR) is 104 cm³/mol. The first kappa shape index (κ1) is 19.0. The Morgan fingerprint density at radius 2 is 2.11 bits per heavy atom. The van der Waals surface area contributed by atoms with E-state index in [1.165, 1.54) is 11.8 Å². The Balaban J connectivity index is 1.46. The van der Waals surface area contributed by atoms with Crippen molar-refractivity contribution in [3.8, 4) is 5.75 Å². The van der Waals surface area contributed by atoms with Crippen LogP contribution in [0.15, 0.2) is 39.9 Å². The summed E-state index contributed by atoms with van der Waals surface area (Å²) in [6.45, 7) is 6.99. The standard InChI is InChI=1S/C20H25N3O4/c1-3-16-10-15(2)11-18(12-16)26-14-19(24)22-21-13-17-4-5-20(27-17)23-6-8-25-9-7-23/h4-5,10-13H,3,6-9,14H2,1-2H3,(H,22,24)/b21-13+. The van der Waals surface area contributed by atoms with Crippen LogP contribution in [-0.4, -0.2) is 45.0 Å². The Bertz CT molecular complexity index is 794. The molecule has 0 atom stereocenters. The van der Waals surface area contributed by atoms with E-state index >= 15 is 0 Å². The van der Waals surface area contributed by atoms with Gasteiger partial charge >= 0.3 is 0 Å². The van der Waals surface area contributed by atoms with Crippen molar-refractivity contribution in [2.45, 2.75) is 20.3 Å². The van der Waals surface area contributed by atoms with Crippen LogP contribution in [0, 0.1) is 6.92 Å². The van der Waals surface area contributed by atoms with Crippen LogP contribution in [0.1, 0.15) is 23.8 Å². The smallest absolute Gasteiger partial charge is 0.277 e. The van der Waals surface area contributed by atoms with Crippen molar-refractivity contribution in [1.29, 1.82) is 0 Å². The Morgan fingerprint density at radius 1 is 1.30 bits per heavy atom. The molecule has 1 aromatic carbocycles. The van der Waals surface area contributed by atoms with E-state index in [-0.39, 0.29) is 12.5 Å². The van der Waals surface area contributed by atoms with E-state index in [2.05, 4.69) is 28.4 Å². The molecule has 3 rings (SSSR count). The molecule has 1 aliphatic heterocycles. The summed E-state index contributed by atoms with van der Waals surface area (Å²) >= 11 is 0. The molecule has 1 aliphatic rings. The van der Waals surface area contributed by atoms with E-state index in [1.807, 2.05) is 31.2 Å². The molecule has 144 valence electrons. The van der Waals surface area contributed by atoms with Crippen molar-refractivity contribution in [2.24, 2.45) is 5.10 Å². The average molecular weight is 371 g/mol. The van der Waals surface area contributed by atoms with Gasteiger partial charge in [0, 0.05) is 19.2 Å². The van der Waals surface area contributed by atoms with E-state index in [9.17, 15) is 4.79 Å². The summed E-state index contributed by atoms with van der Waals surface area (Å²) in [5.74, 6) is 1.71. The van der Waals surface area contributed by atoms with E-state index in [4.69, 9.17) is 13.9 Å². The molecule has 0 aliphatic carbocycles. The minimum absolute atomic E-state index is 0.0961. The number of anilines is 1. The Labute approximate surface area is 158 Å². The minimum atomic E-state index is -0.328. The Morgan fingerprint density at radius 3 is 2.89 bits per heavy atom. The number of ether oxygens (including phenoxy) is 2. The Kier molecular flexibility index (Phi) is 6.49. The highest BCUT2D eigenvalue weighted by molar-refractivity contribution is 5.81. The molecule has 0 unspecified atom stereocenters. The summed E-state index contributed by atoms with van der Waals surface area (Å²) in [5, 5.41) is 3.92. The highest BCUT2D eigenvalue weighted by atomic mass is 16.5. The summed E-state index contributed by atoms with van der Waals surface area (Å²) in [5.41, 5.74) is 4.73. The second-order valence-electron chi connectivity index (χ2n) is 6.37. The van der Waals surface area contributed by atoms with Crippen molar-refractivity contribution in [1.82, 2.24) is 5.43 Å². The predicted octanol–water partition coefficient (Wildman–Crippen LogP) is 2.52. The summed E-state index contributed by atoms with van der Waals surface area (Å²) < 4.78 is 16.6. The average Bonchev–Trinajstić information content (AvgIpc) is 3.15. The van der Waals surface area contributed by atoms with Gasteiger partial charge in [0.2, 0.25) is 0 Å². The van der Waals surface area contributed by atoms with Gasteiger partial charge < -0.3 is 18.8 Å². The lowest BCUT2D eigenvalue weighted by Crippen LogP contribution is -2.35. The fourth-order valence-electron chi connectivity index (χ4n) is 2.83. The maximum Gasteiger partial charge on any atom is 0.277 e. The molecule has 7 heteroatoms. The van der Waals surface area contributed by atoms with Gasteiger partial charge in [0.15, 0.2) is 12.5 Å². The van der Waals surface area contributed by atoms with Gasteiger partial charge in [-0.05, 0) is 42.7 Å². The van der Waals surface area contributed by atoms with Gasteiger partial charge in [-0.2, -0.15) is 5.10 Å². The third kappa shape index (κ3) is 5.59. The number of nitrogens with zero attached hydrogens (tertiary/aromatic N) is 2. The molecule has 1 aromatic heterocycles. The number of hydrogen-bond acceptors (Lipinski definition) is 6. The zero-order valence-electron chi connectivity index (χ0n) is 15.7. The lowest BCUT2D eigenvalue weighted by Gasteiger charge is -2.26. The van der Waals surface area contributed by atoms with Crippen molar-refractivity contribution >= 4 is 18.0 Å². The van der Waals surface area contributed by atoms with Crippen molar-refractivity contribution in [3.05, 3.63) is 47.2 Å². The lowest BCUT2D eigenvalue weighted by molar-refractivity contribution is -0.123. The van der Waals surface area contributed by atoms with Gasteiger partial charge in [0.25, 0.3) is 5.91 Å². The summed E-state index contributed by atoms with van der Waals surface area (Å²) in [4.78, 5) is 14.0. The second-order valence-corrected chi connectivity index (χ2v) is 6.37. The van der Waals surface area contributed by atoms with E-state index in [0.29, 0.717) is 24.7 Å². The van der Waals surface area contributed by atoms with Gasteiger partial charge in [-0.1, -0.05) is 13.0 Å². The molecule has 2 aromatic rings. The molecule has 7 nitrogen and oxygen atoms in total. The van der Waals surface area contributed by atoms with Crippen molar-refractivity contribution in [2.75, 3.05) is 37.8 Å². The number of furan rings is 1. The molecule has 1 N–H and O–H groups in total. The third-order valence-electron chi connectivity index (χ3n) is 4.21. The number of carbonyl (C=O) groups is 1. The summed E-state index contributed by atoms with van der Waals surface area (Å²) in [6, 6.07) is 9.66. The molecular weight excluding hydrogens is 346 g/mol. The topological polar surface area (TPSA) is 76.3 Å². The van der Waals surface area contributed by atoms with Crippen LogP contribution in [0.3, 0.4) is 0 Å². The monoisotopic (exact) mass is 371 g/mol. The van der Waals surface area contributed by atoms with Crippen LogP contribution in [0.25, 0.3) is 0 Å². The largest absolute Gasteiger partial charge is 0.484 e. The van der Waals surface area contributed by atoms with Crippen LogP contribution in [-0.2, 0) is 16.0 Å². The molecule has 2 heterocycles. The zero-order chi connectivity index (χ0) is 19.1. The number of benzene rings is 1. The van der Waals surface area contributed by atoms with Crippen LogP contribution >= 0.6 is 0 Å². The SMILES string of the molecule is CCc1cc(C)cc(OCC(=O)N/N=C/c2ccc(N3CCOCC3)o2)c1. The summed E-state index contributed by atoms with van der Waals surface area (Å²) in [6.07, 6.45) is 2.40. The Hall–Kier alpha value is -2.80. The van der Waals surface area contributed by atoms with Gasteiger partial charge in [-0.15, -0.1) is 0 Å². The lowest BCUT2D eigenvalue weighted by atomic mass is 10.1. The molecule has 1 fully saturated rings. The van der Waals surface area contributed by atoms with Gasteiger partial charge in [0.05, 0.1) is 19.4 Å². The molecule has 0 saturated carbocycles. The maximum absolute atomic E-state index is 11.9. The summed E-state index contributed by atoms with van der Waals surface area (Å²) in [7, 11) is 0. The number of morpholine rings is 1. The molecule has 0 spiro atoms. The molecule has 1 saturated heterocycles. The number of carbonyl (C=O) groups excluding carboxylic acids is 1. The normalized spacial score (nSPS) is 14.5. The van der Waals surface area contributed by atoms with Crippen molar-refractivity contribution < 1.29 is 18.7 Å². The van der Waals surface area contributed by atoms with Gasteiger partial charge in [0.1, 0.15) is 11.5 Å². The quantitative estimate of drug-likeness (QED) is 0.598. The molecule has 0 radical (unpaired) electrons. The first-order valence-corrected chi connectivity index (χ1v) is 9.12. The number of amides is 1. The fourth-order valence-corrected chi connectivity index (χ4v) is 2.83. The van der Waals surface area contributed by atoms with Crippen LogP contribution < -0.4 is 15.1 Å². The molecule has 0 bridgehead atoms. The number of hydrogen-bond donors (Lipinski definition) is 1. The van der Waals surface area contributed by atoms with Crippen LogP contribution in [0.2, 0.25) is 0 Å². The van der Waals surface area contributed by atoms with E-state index in [0.717, 1.165) is 31.0 Å². The van der Waals surface area contributed by atoms with Gasteiger partial charge in [-0.3, -0.25) is 4.79 Å². The highest BCUT2D eigenvalue weighted by Crippen LogP contribution is 2.19. The zero-order valence-corrected chi connectivity index (χ0v) is 15.7. The molecule has 27 heavy (non-hydrogen) atoms. The first-order valence-electron chi connectivity index (χ1n) is 9.12. The number of aryl methyl sites for hydroxylation is 2. The van der Waals surface area contributed by atoms with Gasteiger partial charge in [-0.25, -0.2) is 5.43 Å².